The van der Waals surface area contributed by atoms with Crippen LogP contribution in [0.5, 0.6) is 0 Å². The second kappa shape index (κ2) is 12.0. The van der Waals surface area contributed by atoms with E-state index in [2.05, 4.69) is 59.0 Å². The van der Waals surface area contributed by atoms with E-state index < -0.39 is 5.97 Å². The Balaban J connectivity index is 1.53. The highest BCUT2D eigenvalue weighted by Crippen LogP contribution is 2.46. The van der Waals surface area contributed by atoms with Crippen LogP contribution in [-0.4, -0.2) is 46.0 Å². The molecule has 1 fully saturated rings. The van der Waals surface area contributed by atoms with Gasteiger partial charge >= 0.3 is 5.97 Å². The van der Waals surface area contributed by atoms with E-state index >= 15 is 0 Å². The van der Waals surface area contributed by atoms with E-state index in [0.29, 0.717) is 25.2 Å². The van der Waals surface area contributed by atoms with Crippen LogP contribution < -0.4 is 5.32 Å². The van der Waals surface area contributed by atoms with Crippen LogP contribution in [0, 0.1) is 11.8 Å². The average Bonchev–Trinajstić information content (AvgIpc) is 3.74. The Labute approximate surface area is 265 Å². The monoisotopic (exact) mass is 608 g/mol. The van der Waals surface area contributed by atoms with E-state index in [9.17, 15) is 15.0 Å². The van der Waals surface area contributed by atoms with Crippen LogP contribution in [-0.2, 0) is 9.53 Å². The van der Waals surface area contributed by atoms with Gasteiger partial charge in [0.05, 0.1) is 40.3 Å². The molecule has 45 heavy (non-hydrogen) atoms. The zero-order chi connectivity index (χ0) is 32.2. The predicted octanol–water partition coefficient (Wildman–Crippen LogP) is 7.73. The highest BCUT2D eigenvalue weighted by atomic mass is 16.5. The van der Waals surface area contributed by atoms with Crippen LogP contribution in [0.25, 0.3) is 0 Å². The Hall–Kier alpha value is -4.04. The molecule has 0 aromatic rings. The fraction of sp³-hybridized carbons (Fsp3) is 0.459. The lowest BCUT2D eigenvalue weighted by Crippen LogP contribution is -2.15. The zero-order valence-electron chi connectivity index (χ0n) is 27.5. The van der Waals surface area contributed by atoms with E-state index in [4.69, 9.17) is 19.7 Å². The molecular formula is C37H44N4O4. The summed E-state index contributed by atoms with van der Waals surface area (Å²) in [6.07, 6.45) is 10.3. The molecule has 0 spiro atoms. The number of rotatable bonds is 9. The zero-order valence-corrected chi connectivity index (χ0v) is 27.5. The van der Waals surface area contributed by atoms with E-state index in [1.54, 1.807) is 0 Å². The Morgan fingerprint density at radius 1 is 1.00 bits per heavy atom. The molecule has 8 nitrogen and oxygen atoms in total. The Morgan fingerprint density at radius 2 is 1.73 bits per heavy atom. The fourth-order valence-electron chi connectivity index (χ4n) is 7.24. The van der Waals surface area contributed by atoms with Crippen molar-refractivity contribution in [3.63, 3.8) is 0 Å². The van der Waals surface area contributed by atoms with Gasteiger partial charge in [-0.15, -0.1) is 0 Å². The van der Waals surface area contributed by atoms with Gasteiger partial charge in [0.25, 0.3) is 0 Å². The van der Waals surface area contributed by atoms with Crippen molar-refractivity contribution < 1.29 is 19.7 Å². The smallest absolute Gasteiger partial charge is 0.303 e. The summed E-state index contributed by atoms with van der Waals surface area (Å²) in [6.45, 7) is 15.4. The lowest BCUT2D eigenvalue weighted by Gasteiger charge is -2.17. The number of aliphatic carboxylic acids is 1. The largest absolute Gasteiger partial charge is 0.511 e. The molecule has 236 valence electrons. The lowest BCUT2D eigenvalue weighted by molar-refractivity contribution is -0.137. The number of ether oxygens (including phenoxy) is 1. The first-order valence-electron chi connectivity index (χ1n) is 16.3. The number of carboxylic acid groups (broad SMARTS) is 1. The molecule has 5 heterocycles. The maximum atomic E-state index is 11.7. The van der Waals surface area contributed by atoms with Crippen LogP contribution in [0.15, 0.2) is 106 Å². The third-order valence-corrected chi connectivity index (χ3v) is 10.1. The van der Waals surface area contributed by atoms with Crippen molar-refractivity contribution in [1.29, 1.82) is 0 Å². The van der Waals surface area contributed by atoms with Gasteiger partial charge in [0.2, 0.25) is 0 Å². The van der Waals surface area contributed by atoms with Gasteiger partial charge in [0, 0.05) is 59.4 Å². The highest BCUT2D eigenvalue weighted by molar-refractivity contribution is 6.21. The Kier molecular flexibility index (Phi) is 8.29. The number of hydrogen-bond acceptors (Lipinski definition) is 7. The summed E-state index contributed by atoms with van der Waals surface area (Å²) in [7, 11) is 0. The van der Waals surface area contributed by atoms with Crippen molar-refractivity contribution >= 4 is 23.1 Å². The molecule has 0 aromatic carbocycles. The molecule has 1 saturated heterocycles. The number of nitrogens with zero attached hydrogens (tertiary/aromatic N) is 3. The molecule has 8 heteroatoms. The summed E-state index contributed by atoms with van der Waals surface area (Å²) in [6, 6.07) is 0. The summed E-state index contributed by atoms with van der Waals surface area (Å²) in [5.74, 6) is -0.558. The van der Waals surface area contributed by atoms with Crippen molar-refractivity contribution in [2.75, 3.05) is 6.61 Å². The van der Waals surface area contributed by atoms with Crippen LogP contribution in [0.3, 0.4) is 0 Å². The average molecular weight is 609 g/mol. The second-order valence-corrected chi connectivity index (χ2v) is 13.0. The molecule has 6 rings (SSSR count). The third-order valence-electron chi connectivity index (χ3n) is 10.1. The molecule has 8 bridgehead atoms. The molecule has 6 aliphatic rings. The summed E-state index contributed by atoms with van der Waals surface area (Å²) in [4.78, 5) is 27.0. The number of allylic oxidation sites excluding steroid dienone is 11. The van der Waals surface area contributed by atoms with Gasteiger partial charge in [0.1, 0.15) is 5.76 Å². The minimum absolute atomic E-state index is 0.0225. The molecule has 0 aromatic heterocycles. The van der Waals surface area contributed by atoms with E-state index in [-0.39, 0.29) is 24.4 Å². The number of carboxylic acids is 1. The molecule has 0 radical (unpaired) electrons. The van der Waals surface area contributed by atoms with Crippen LogP contribution in [0.1, 0.15) is 87.0 Å². The maximum absolute atomic E-state index is 11.7. The summed E-state index contributed by atoms with van der Waals surface area (Å²) in [5.41, 5.74) is 13.9. The Morgan fingerprint density at radius 3 is 2.47 bits per heavy atom. The lowest BCUT2D eigenvalue weighted by atomic mass is 9.86. The van der Waals surface area contributed by atoms with Crippen molar-refractivity contribution in [2.24, 2.45) is 26.8 Å². The normalized spacial score (nSPS) is 24.7. The van der Waals surface area contributed by atoms with Crippen molar-refractivity contribution in [2.45, 2.75) is 93.1 Å². The van der Waals surface area contributed by atoms with Gasteiger partial charge in [-0.2, -0.15) is 0 Å². The quantitative estimate of drug-likeness (QED) is 0.232. The minimum atomic E-state index is -0.818. The van der Waals surface area contributed by atoms with Crippen molar-refractivity contribution in [3.8, 4) is 0 Å². The number of aliphatic hydroxyl groups excluding tert-OH is 1. The van der Waals surface area contributed by atoms with Crippen molar-refractivity contribution in [1.82, 2.24) is 5.32 Å². The van der Waals surface area contributed by atoms with Gasteiger partial charge in [-0.25, -0.2) is 15.0 Å². The second-order valence-electron chi connectivity index (χ2n) is 13.0. The van der Waals surface area contributed by atoms with Gasteiger partial charge in [-0.05, 0) is 88.0 Å². The van der Waals surface area contributed by atoms with Crippen LogP contribution >= 0.6 is 0 Å². The summed E-state index contributed by atoms with van der Waals surface area (Å²) >= 11 is 0. The van der Waals surface area contributed by atoms with Gasteiger partial charge in [-0.3, -0.25) is 4.79 Å². The first-order valence-corrected chi connectivity index (χ1v) is 16.3. The molecule has 3 unspecified atom stereocenters. The van der Waals surface area contributed by atoms with Crippen LogP contribution in [0.2, 0.25) is 0 Å². The number of unbranched alkanes of at least 4 members (excludes halogenated alkanes) is 2. The van der Waals surface area contributed by atoms with Gasteiger partial charge < -0.3 is 20.3 Å². The van der Waals surface area contributed by atoms with E-state index in [1.807, 2.05) is 13.0 Å². The summed E-state index contributed by atoms with van der Waals surface area (Å²) in [5, 5.41) is 24.5. The molecule has 0 amide bonds. The summed E-state index contributed by atoms with van der Waals surface area (Å²) < 4.78 is 6.36. The molecule has 0 saturated carbocycles. The molecule has 1 aliphatic carbocycles. The van der Waals surface area contributed by atoms with Gasteiger partial charge in [-0.1, -0.05) is 26.7 Å². The first kappa shape index (κ1) is 31.0. The Bertz CT molecular complexity index is 1730. The molecule has 3 N–H and O–H groups in total. The highest BCUT2D eigenvalue weighted by Gasteiger charge is 2.41. The SMILES string of the molecule is CCCCCOC(C)C1=C(C)C2=NC1=CC1=NC(=CC3=C(C)C4=C(O)CC(=C5NC(=C2)C(C)C5CCC(=O)O)C4=N3)C(C)=C1C. The number of aliphatic imine (C=N–C) groups is 3. The standard InChI is InChI=1S/C37H44N4O4/c1-8-9-10-13-45-23(7)34-21(5)29-16-28-20(4)24(11-12-33(43)44)36(40-28)25-14-32(42)35-22(6)30(41-37(25)35)15-26-18(2)19(3)27(38-26)17-31(34)39-29/h15-17,20,23-24,40,42H,8-14H2,1-7H3,(H,43,44). The predicted molar refractivity (Wildman–Crippen MR) is 179 cm³/mol. The van der Waals surface area contributed by atoms with E-state index in [0.717, 1.165) is 104 Å². The fourth-order valence-corrected chi connectivity index (χ4v) is 7.24. The minimum Gasteiger partial charge on any atom is -0.511 e. The van der Waals surface area contributed by atoms with Gasteiger partial charge in [0.15, 0.2) is 0 Å². The number of carbonyl (C=O) groups is 1. The van der Waals surface area contributed by atoms with E-state index in [1.165, 1.54) is 0 Å². The van der Waals surface area contributed by atoms with Crippen molar-refractivity contribution in [3.05, 3.63) is 91.5 Å². The molecular weight excluding hydrogens is 564 g/mol. The first-order chi connectivity index (χ1) is 21.5. The number of hydrogen-bond donors (Lipinski definition) is 3. The number of aliphatic hydroxyl groups is 1. The number of nitrogens with one attached hydrogen (secondary N) is 1. The third kappa shape index (κ3) is 5.43. The molecule has 5 aliphatic heterocycles. The maximum Gasteiger partial charge on any atom is 0.303 e. The topological polar surface area (TPSA) is 116 Å². The van der Waals surface area contributed by atoms with Crippen LogP contribution in [0.4, 0.5) is 0 Å². The molecule has 3 atom stereocenters. The number of fused-ring (bicyclic) bond motifs is 5.